The molecule has 47 heavy (non-hydrogen) atoms. The van der Waals surface area contributed by atoms with Gasteiger partial charge in [0.25, 0.3) is 23.2 Å². The van der Waals surface area contributed by atoms with Crippen LogP contribution in [-0.4, -0.2) is 31.8 Å². The second-order valence-electron chi connectivity index (χ2n) is 10.2. The van der Waals surface area contributed by atoms with Crippen LogP contribution in [0.25, 0.3) is 16.3 Å². The number of amidine groups is 1. The fraction of sp³-hybridized carbons (Fsp3) is 0.0625. The third-order valence-electron chi connectivity index (χ3n) is 6.96. The van der Waals surface area contributed by atoms with Crippen LogP contribution in [0, 0.1) is 34.1 Å². The second kappa shape index (κ2) is 13.2. The maximum absolute atomic E-state index is 12.8. The zero-order valence-corrected chi connectivity index (χ0v) is 27.0. The molecule has 0 radical (unpaired) electrons. The number of hydrogen-bond donors (Lipinski definition) is 2. The van der Waals surface area contributed by atoms with E-state index in [0.717, 1.165) is 33.8 Å². The summed E-state index contributed by atoms with van der Waals surface area (Å²) in [6.07, 6.45) is 1.52. The molecule has 5 aromatic rings. The monoisotopic (exact) mass is 682 g/mol. The van der Waals surface area contributed by atoms with E-state index in [1.165, 1.54) is 29.5 Å². The zero-order chi connectivity index (χ0) is 33.2. The normalized spacial score (nSPS) is 14.5. The van der Waals surface area contributed by atoms with Gasteiger partial charge in [0.05, 0.1) is 35.6 Å². The number of carbonyl (C=O) groups is 2. The van der Waals surface area contributed by atoms with Crippen LogP contribution < -0.4 is 10.6 Å². The predicted octanol–water partition coefficient (Wildman–Crippen LogP) is 8.02. The standard InChI is InChI=1S/C32H22N6O6S3/c1-17-5-3-4-6-22(17)29(39)33-21-10-11-23-27(16-21)47-32(35-23)46-26-12-8-19(13-25(26)38(43)44)14-28-30(40)36-31(45-28)34-20-9-7-18(2)24(15-20)37(41)42/h3-16H,1-2H3,(H,33,39)(H,34,36,40)/b28-14-. The number of nitro benzene ring substituents is 2. The number of rotatable bonds is 8. The van der Waals surface area contributed by atoms with Crippen LogP contribution in [0.15, 0.2) is 98.0 Å². The smallest absolute Gasteiger partial charge is 0.283 e. The first kappa shape index (κ1) is 31.6. The Morgan fingerprint density at radius 2 is 1.74 bits per heavy atom. The van der Waals surface area contributed by atoms with Crippen molar-refractivity contribution in [2.75, 3.05) is 5.32 Å². The first-order valence-electron chi connectivity index (χ1n) is 13.8. The number of aryl methyl sites for hydroxylation is 2. The molecule has 0 aliphatic carbocycles. The Labute approximate surface area is 279 Å². The molecule has 0 spiro atoms. The lowest BCUT2D eigenvalue weighted by molar-refractivity contribution is -0.387. The van der Waals surface area contributed by atoms with E-state index in [4.69, 9.17) is 0 Å². The molecule has 0 bridgehead atoms. The molecule has 0 atom stereocenters. The summed E-state index contributed by atoms with van der Waals surface area (Å²) < 4.78 is 1.39. The number of nitro groups is 2. The molecular weight excluding hydrogens is 661 g/mol. The van der Waals surface area contributed by atoms with E-state index in [-0.39, 0.29) is 27.4 Å². The number of amides is 2. The first-order chi connectivity index (χ1) is 22.5. The molecular formula is C32H22N6O6S3. The van der Waals surface area contributed by atoms with Gasteiger partial charge in [0.2, 0.25) is 0 Å². The van der Waals surface area contributed by atoms with Gasteiger partial charge in [-0.2, -0.15) is 0 Å². The molecule has 2 N–H and O–H groups in total. The van der Waals surface area contributed by atoms with Gasteiger partial charge in [-0.05, 0) is 79.2 Å². The number of nitrogens with one attached hydrogen (secondary N) is 2. The number of fused-ring (bicyclic) bond motifs is 1. The third kappa shape index (κ3) is 7.06. The number of hydrogen-bond acceptors (Lipinski definition) is 11. The summed E-state index contributed by atoms with van der Waals surface area (Å²) in [6.45, 7) is 3.49. The quantitative estimate of drug-likeness (QED) is 0.0934. The molecule has 4 aromatic carbocycles. The number of aliphatic imine (C=N–C) groups is 1. The van der Waals surface area contributed by atoms with Crippen LogP contribution in [0.5, 0.6) is 0 Å². The number of anilines is 1. The number of thioether (sulfide) groups is 1. The minimum atomic E-state index is -0.498. The summed E-state index contributed by atoms with van der Waals surface area (Å²) in [7, 11) is 0. The van der Waals surface area contributed by atoms with Crippen LogP contribution in [-0.2, 0) is 4.79 Å². The van der Waals surface area contributed by atoms with Crippen molar-refractivity contribution in [3.63, 3.8) is 0 Å². The SMILES string of the molecule is Cc1ccccc1C(=O)Nc1ccc2nc(Sc3ccc(/C=C4\SC(=Nc5ccc(C)c([N+](=O)[O-])c5)NC4=O)cc3[N+](=O)[O-])sc2c1. The van der Waals surface area contributed by atoms with Gasteiger partial charge in [0.15, 0.2) is 9.51 Å². The molecule has 1 saturated heterocycles. The summed E-state index contributed by atoms with van der Waals surface area (Å²) in [6, 6.07) is 21.8. The average Bonchev–Trinajstić information content (AvgIpc) is 3.59. The molecule has 0 unspecified atom stereocenters. The Kier molecular flexibility index (Phi) is 8.84. The summed E-state index contributed by atoms with van der Waals surface area (Å²) in [4.78, 5) is 57.3. The maximum Gasteiger partial charge on any atom is 0.283 e. The van der Waals surface area contributed by atoms with E-state index < -0.39 is 15.8 Å². The van der Waals surface area contributed by atoms with Crippen molar-refractivity contribution in [2.45, 2.75) is 23.1 Å². The van der Waals surface area contributed by atoms with E-state index >= 15 is 0 Å². The van der Waals surface area contributed by atoms with Gasteiger partial charge in [-0.25, -0.2) is 9.98 Å². The predicted molar refractivity (Wildman–Crippen MR) is 185 cm³/mol. The largest absolute Gasteiger partial charge is 0.322 e. The van der Waals surface area contributed by atoms with Gasteiger partial charge in [-0.15, -0.1) is 11.3 Å². The molecule has 2 heterocycles. The fourth-order valence-electron chi connectivity index (χ4n) is 4.61. The van der Waals surface area contributed by atoms with E-state index in [1.807, 2.05) is 31.2 Å². The molecule has 234 valence electrons. The molecule has 12 nitrogen and oxygen atoms in total. The fourth-order valence-corrected chi connectivity index (χ4v) is 7.60. The number of nitrogens with zero attached hydrogens (tertiary/aromatic N) is 4. The summed E-state index contributed by atoms with van der Waals surface area (Å²) >= 11 is 3.52. The van der Waals surface area contributed by atoms with E-state index in [1.54, 1.807) is 49.4 Å². The molecule has 1 aromatic heterocycles. The highest BCUT2D eigenvalue weighted by molar-refractivity contribution is 8.18. The lowest BCUT2D eigenvalue weighted by Crippen LogP contribution is -2.19. The van der Waals surface area contributed by atoms with Gasteiger partial charge < -0.3 is 10.6 Å². The lowest BCUT2D eigenvalue weighted by Gasteiger charge is -2.07. The molecule has 0 saturated carbocycles. The Bertz CT molecular complexity index is 2200. The highest BCUT2D eigenvalue weighted by Crippen LogP contribution is 2.40. The van der Waals surface area contributed by atoms with E-state index in [9.17, 15) is 29.8 Å². The Balaban J connectivity index is 1.19. The number of carbonyl (C=O) groups excluding carboxylic acids is 2. The Morgan fingerprint density at radius 3 is 2.51 bits per heavy atom. The van der Waals surface area contributed by atoms with Gasteiger partial charge >= 0.3 is 0 Å². The van der Waals surface area contributed by atoms with Crippen molar-refractivity contribution in [2.24, 2.45) is 4.99 Å². The molecule has 1 aliphatic rings. The van der Waals surface area contributed by atoms with E-state index in [0.29, 0.717) is 42.8 Å². The highest BCUT2D eigenvalue weighted by Gasteiger charge is 2.25. The number of thiazole rings is 1. The summed E-state index contributed by atoms with van der Waals surface area (Å²) in [5.41, 5.74) is 3.74. The van der Waals surface area contributed by atoms with Crippen LogP contribution in [0.1, 0.15) is 27.0 Å². The lowest BCUT2D eigenvalue weighted by atomic mass is 10.1. The molecule has 1 fully saturated rings. The zero-order valence-electron chi connectivity index (χ0n) is 24.5. The third-order valence-corrected chi connectivity index (χ3v) is 10.0. The molecule has 2 amide bonds. The van der Waals surface area contributed by atoms with Crippen molar-refractivity contribution in [3.05, 3.63) is 126 Å². The Morgan fingerprint density at radius 1 is 0.957 bits per heavy atom. The van der Waals surface area contributed by atoms with Gasteiger partial charge in [0.1, 0.15) is 0 Å². The van der Waals surface area contributed by atoms with Gasteiger partial charge in [0, 0.05) is 28.9 Å². The van der Waals surface area contributed by atoms with E-state index in [2.05, 4.69) is 20.6 Å². The highest BCUT2D eigenvalue weighted by atomic mass is 32.2. The average molecular weight is 683 g/mol. The van der Waals surface area contributed by atoms with Crippen molar-refractivity contribution in [3.8, 4) is 0 Å². The van der Waals surface area contributed by atoms with Crippen molar-refractivity contribution >= 4 is 90.9 Å². The first-order valence-corrected chi connectivity index (χ1v) is 16.3. The van der Waals surface area contributed by atoms with Crippen LogP contribution in [0.2, 0.25) is 0 Å². The minimum absolute atomic E-state index is 0.0831. The topological polar surface area (TPSA) is 170 Å². The van der Waals surface area contributed by atoms with Gasteiger partial charge in [-0.1, -0.05) is 42.1 Å². The van der Waals surface area contributed by atoms with Gasteiger partial charge in [-0.3, -0.25) is 29.8 Å². The number of benzene rings is 4. The second-order valence-corrected chi connectivity index (χ2v) is 13.6. The van der Waals surface area contributed by atoms with Crippen LogP contribution in [0.4, 0.5) is 22.7 Å². The summed E-state index contributed by atoms with van der Waals surface area (Å²) in [5.74, 6) is -0.665. The molecule has 15 heteroatoms. The van der Waals surface area contributed by atoms with Crippen molar-refractivity contribution in [1.29, 1.82) is 0 Å². The molecule has 6 rings (SSSR count). The maximum atomic E-state index is 12.8. The number of aromatic nitrogens is 1. The van der Waals surface area contributed by atoms with Crippen LogP contribution in [0.3, 0.4) is 0 Å². The van der Waals surface area contributed by atoms with Crippen LogP contribution >= 0.6 is 34.9 Å². The molecule has 1 aliphatic heterocycles. The Hall–Kier alpha value is -5.38. The van der Waals surface area contributed by atoms with Crippen molar-refractivity contribution < 1.29 is 19.4 Å². The summed E-state index contributed by atoms with van der Waals surface area (Å²) in [5, 5.41) is 29.1. The van der Waals surface area contributed by atoms with Crippen molar-refractivity contribution in [1.82, 2.24) is 10.3 Å². The minimum Gasteiger partial charge on any atom is -0.322 e.